The first-order valence-corrected chi connectivity index (χ1v) is 11.7. The van der Waals surface area contributed by atoms with Crippen molar-refractivity contribution in [3.63, 3.8) is 0 Å². The molecule has 160 valence electrons. The zero-order valence-electron chi connectivity index (χ0n) is 18.1. The van der Waals surface area contributed by atoms with Crippen LogP contribution in [0.5, 0.6) is 5.75 Å². The zero-order valence-corrected chi connectivity index (χ0v) is 18.9. The Labute approximate surface area is 184 Å². The summed E-state index contributed by atoms with van der Waals surface area (Å²) in [5, 5.41) is 0. The number of hydrogen-bond donors (Lipinski definition) is 0. The maximum atomic E-state index is 5.93. The first-order chi connectivity index (χ1) is 14.7. The molecule has 2 aromatic carbocycles. The van der Waals surface area contributed by atoms with Crippen molar-refractivity contribution in [1.29, 1.82) is 0 Å². The molecule has 0 fully saturated rings. The van der Waals surface area contributed by atoms with Crippen molar-refractivity contribution in [2.45, 2.75) is 45.5 Å². The van der Waals surface area contributed by atoms with Crippen molar-refractivity contribution in [2.75, 3.05) is 19.0 Å². The van der Waals surface area contributed by atoms with E-state index in [1.54, 1.807) is 0 Å². The van der Waals surface area contributed by atoms with Crippen LogP contribution in [0.4, 0.5) is 0 Å². The number of benzene rings is 2. The van der Waals surface area contributed by atoms with E-state index in [1.807, 2.05) is 61.2 Å². The zero-order chi connectivity index (χ0) is 21.2. The Balaban J connectivity index is 1.47. The van der Waals surface area contributed by atoms with Gasteiger partial charge in [0.05, 0.1) is 12.3 Å². The molecular weight excluding hydrogens is 394 g/mol. The third-order valence-electron chi connectivity index (χ3n) is 4.82. The highest BCUT2D eigenvalue weighted by Crippen LogP contribution is 2.23. The van der Waals surface area contributed by atoms with E-state index in [9.17, 15) is 0 Å². The van der Waals surface area contributed by atoms with Crippen LogP contribution in [0.1, 0.15) is 37.3 Å². The van der Waals surface area contributed by atoms with E-state index < -0.39 is 0 Å². The van der Waals surface area contributed by atoms with Gasteiger partial charge in [-0.1, -0.05) is 37.3 Å². The molecule has 0 aliphatic rings. The number of nitrogens with zero attached hydrogens (tertiary/aromatic N) is 1. The van der Waals surface area contributed by atoms with Crippen LogP contribution < -0.4 is 4.74 Å². The smallest absolute Gasteiger partial charge is 0.226 e. The summed E-state index contributed by atoms with van der Waals surface area (Å²) in [6.07, 6.45) is 2.76. The molecule has 0 amide bonds. The number of thioether (sulfide) groups is 1. The maximum absolute atomic E-state index is 5.93. The molecule has 1 aromatic heterocycles. The Bertz CT molecular complexity index is 871. The second-order valence-corrected chi connectivity index (χ2v) is 8.45. The first-order valence-electron chi connectivity index (χ1n) is 10.7. The van der Waals surface area contributed by atoms with E-state index in [1.165, 1.54) is 5.56 Å². The summed E-state index contributed by atoms with van der Waals surface area (Å²) in [5.41, 5.74) is 3.53. The molecular formula is C25H31NO3S. The minimum Gasteiger partial charge on any atom is -0.493 e. The number of hydrogen-bond acceptors (Lipinski definition) is 5. The average molecular weight is 426 g/mol. The van der Waals surface area contributed by atoms with Crippen LogP contribution in [0.25, 0.3) is 11.5 Å². The normalized spacial score (nSPS) is 12.1. The van der Waals surface area contributed by atoms with E-state index >= 15 is 0 Å². The summed E-state index contributed by atoms with van der Waals surface area (Å²) in [6.45, 7) is 7.52. The van der Waals surface area contributed by atoms with Crippen LogP contribution in [-0.2, 0) is 17.6 Å². The highest BCUT2D eigenvalue weighted by atomic mass is 32.2. The van der Waals surface area contributed by atoms with E-state index in [0.29, 0.717) is 18.9 Å². The summed E-state index contributed by atoms with van der Waals surface area (Å²) in [6, 6.07) is 18.3. The largest absolute Gasteiger partial charge is 0.493 e. The topological polar surface area (TPSA) is 44.5 Å². The van der Waals surface area contributed by atoms with Gasteiger partial charge in [0.15, 0.2) is 0 Å². The SMILES string of the molecule is CCO[C@H](CCc1ccc(OCCc2nc(-c3ccccc3)oc2C)cc1)SCC. The van der Waals surface area contributed by atoms with Crippen LogP contribution in [0, 0.1) is 6.92 Å². The number of rotatable bonds is 12. The summed E-state index contributed by atoms with van der Waals surface area (Å²) in [7, 11) is 0. The van der Waals surface area contributed by atoms with E-state index in [4.69, 9.17) is 13.9 Å². The highest BCUT2D eigenvalue weighted by Gasteiger charge is 2.11. The third kappa shape index (κ3) is 6.64. The molecule has 0 saturated carbocycles. The van der Waals surface area contributed by atoms with Crippen LogP contribution in [-0.4, -0.2) is 29.4 Å². The van der Waals surface area contributed by atoms with Gasteiger partial charge in [-0.15, -0.1) is 11.8 Å². The molecule has 0 radical (unpaired) electrons. The minimum absolute atomic E-state index is 0.280. The average Bonchev–Trinajstić information content (AvgIpc) is 3.14. The number of ether oxygens (including phenoxy) is 2. The van der Waals surface area contributed by atoms with Gasteiger partial charge in [-0.3, -0.25) is 0 Å². The second kappa shape index (κ2) is 11.8. The van der Waals surface area contributed by atoms with Crippen molar-refractivity contribution in [3.8, 4) is 17.2 Å². The van der Waals surface area contributed by atoms with Gasteiger partial charge < -0.3 is 13.9 Å². The minimum atomic E-state index is 0.280. The number of oxazole rings is 1. The van der Waals surface area contributed by atoms with Gasteiger partial charge in [-0.2, -0.15) is 0 Å². The van der Waals surface area contributed by atoms with Crippen molar-refractivity contribution in [3.05, 3.63) is 71.6 Å². The number of aryl methyl sites for hydroxylation is 2. The molecule has 3 aromatic rings. The monoisotopic (exact) mass is 425 g/mol. The lowest BCUT2D eigenvalue weighted by molar-refractivity contribution is 0.119. The Hall–Kier alpha value is -2.24. The fraction of sp³-hybridized carbons (Fsp3) is 0.400. The van der Waals surface area contributed by atoms with E-state index in [0.717, 1.165) is 48.0 Å². The van der Waals surface area contributed by atoms with E-state index in [-0.39, 0.29) is 5.44 Å². The molecule has 5 heteroatoms. The first kappa shape index (κ1) is 22.4. The molecule has 0 bridgehead atoms. The Morgan fingerprint density at radius 3 is 2.47 bits per heavy atom. The van der Waals surface area contributed by atoms with Crippen LogP contribution in [0.2, 0.25) is 0 Å². The van der Waals surface area contributed by atoms with Gasteiger partial charge in [0.25, 0.3) is 0 Å². The Kier molecular flexibility index (Phi) is 8.84. The van der Waals surface area contributed by atoms with Gasteiger partial charge in [0.2, 0.25) is 5.89 Å². The predicted molar refractivity (Wildman–Crippen MR) is 124 cm³/mol. The van der Waals surface area contributed by atoms with Crippen LogP contribution >= 0.6 is 11.8 Å². The third-order valence-corrected chi connectivity index (χ3v) is 5.90. The molecule has 0 saturated heterocycles. The summed E-state index contributed by atoms with van der Waals surface area (Å²) >= 11 is 1.87. The Morgan fingerprint density at radius 1 is 1.00 bits per heavy atom. The predicted octanol–water partition coefficient (Wildman–Crippen LogP) is 6.32. The fourth-order valence-corrected chi connectivity index (χ4v) is 4.14. The molecule has 0 aliphatic heterocycles. The maximum Gasteiger partial charge on any atom is 0.226 e. The second-order valence-electron chi connectivity index (χ2n) is 7.01. The summed E-state index contributed by atoms with van der Waals surface area (Å²) in [4.78, 5) is 4.64. The number of aromatic nitrogens is 1. The lowest BCUT2D eigenvalue weighted by Gasteiger charge is -2.15. The molecule has 1 heterocycles. The molecule has 4 nitrogen and oxygen atoms in total. The van der Waals surface area contributed by atoms with Crippen molar-refractivity contribution < 1.29 is 13.9 Å². The standard InChI is InChI=1S/C25H31NO3S/c1-4-27-24(30-5-2)16-13-20-11-14-22(15-12-20)28-18-17-23-19(3)29-25(26-23)21-9-7-6-8-10-21/h6-12,14-15,24H,4-5,13,16-18H2,1-3H3/t24-/m0/s1. The molecule has 0 aliphatic carbocycles. The van der Waals surface area contributed by atoms with Gasteiger partial charge in [-0.25, -0.2) is 4.98 Å². The summed E-state index contributed by atoms with van der Waals surface area (Å²) < 4.78 is 17.5. The van der Waals surface area contributed by atoms with Crippen molar-refractivity contribution >= 4 is 11.8 Å². The molecule has 3 rings (SSSR count). The Morgan fingerprint density at radius 2 is 1.77 bits per heavy atom. The lowest BCUT2D eigenvalue weighted by Crippen LogP contribution is -2.10. The quantitative estimate of drug-likeness (QED) is 0.318. The highest BCUT2D eigenvalue weighted by molar-refractivity contribution is 7.99. The fourth-order valence-electron chi connectivity index (χ4n) is 3.25. The summed E-state index contributed by atoms with van der Waals surface area (Å²) in [5.74, 6) is 3.48. The van der Waals surface area contributed by atoms with Crippen LogP contribution in [0.3, 0.4) is 0 Å². The lowest BCUT2D eigenvalue weighted by atomic mass is 10.1. The van der Waals surface area contributed by atoms with Gasteiger partial charge in [0.1, 0.15) is 16.9 Å². The van der Waals surface area contributed by atoms with Gasteiger partial charge in [0, 0.05) is 18.6 Å². The molecule has 0 N–H and O–H groups in total. The van der Waals surface area contributed by atoms with Gasteiger partial charge in [-0.05, 0) is 62.3 Å². The molecule has 1 atom stereocenters. The van der Waals surface area contributed by atoms with Crippen LogP contribution in [0.15, 0.2) is 59.0 Å². The molecule has 0 spiro atoms. The molecule has 0 unspecified atom stereocenters. The molecule has 30 heavy (non-hydrogen) atoms. The van der Waals surface area contributed by atoms with Crippen molar-refractivity contribution in [2.24, 2.45) is 0 Å². The van der Waals surface area contributed by atoms with Gasteiger partial charge >= 0.3 is 0 Å². The van der Waals surface area contributed by atoms with Crippen molar-refractivity contribution in [1.82, 2.24) is 4.98 Å². The van der Waals surface area contributed by atoms with E-state index in [2.05, 4.69) is 31.0 Å².